The van der Waals surface area contributed by atoms with E-state index in [0.29, 0.717) is 6.42 Å². The maximum absolute atomic E-state index is 10.6. The van der Waals surface area contributed by atoms with Gasteiger partial charge in [-0.05, 0) is 34.0 Å². The predicted octanol–water partition coefficient (Wildman–Crippen LogP) is 2.33. The van der Waals surface area contributed by atoms with Gasteiger partial charge in [-0.3, -0.25) is 0 Å². The van der Waals surface area contributed by atoms with Gasteiger partial charge in [0.2, 0.25) is 0 Å². The van der Waals surface area contributed by atoms with Gasteiger partial charge in [0.05, 0.1) is 4.60 Å². The lowest BCUT2D eigenvalue weighted by molar-refractivity contribution is 0.146. The van der Waals surface area contributed by atoms with Crippen LogP contribution >= 0.6 is 15.9 Å². The second-order valence-electron chi connectivity index (χ2n) is 3.69. The smallest absolute Gasteiger partial charge is 0.421 e. The molecule has 0 bridgehead atoms. The number of carboxylic acid groups (broad SMARTS) is 1. The van der Waals surface area contributed by atoms with Crippen LogP contribution in [0.3, 0.4) is 0 Å². The molecule has 0 radical (unpaired) electrons. The molecule has 0 saturated heterocycles. The van der Waals surface area contributed by atoms with Gasteiger partial charge in [-0.1, -0.05) is 18.2 Å². The Labute approximate surface area is 106 Å². The van der Waals surface area contributed by atoms with E-state index in [2.05, 4.69) is 20.9 Å². The fraction of sp³-hybridized carbons (Fsp3) is 0.182. The fourth-order valence-electron chi connectivity index (χ4n) is 1.74. The molecule has 2 rings (SSSR count). The number of hydrogen-bond donors (Lipinski definition) is 3. The molecule has 17 heavy (non-hydrogen) atoms. The molecule has 0 atom stereocenters. The molecule has 0 aliphatic rings. The number of benzene rings is 1. The molecule has 0 aliphatic carbocycles. The molecule has 0 spiro atoms. The molecule has 0 fully saturated rings. The standard InChI is InChI=1S/C11H12BrN3O2/c12-10-8(5-6-15(13)11(16)17)7-3-1-2-4-9(7)14-10/h1-4,14H,5-6,13H2,(H,16,17). The highest BCUT2D eigenvalue weighted by Crippen LogP contribution is 2.26. The second-order valence-corrected chi connectivity index (χ2v) is 4.48. The molecule has 5 nitrogen and oxygen atoms in total. The van der Waals surface area contributed by atoms with Crippen molar-refractivity contribution in [1.29, 1.82) is 0 Å². The van der Waals surface area contributed by atoms with Crippen molar-refractivity contribution < 1.29 is 9.90 Å². The molecule has 0 aliphatic heterocycles. The highest BCUT2D eigenvalue weighted by molar-refractivity contribution is 9.10. The Bertz CT molecular complexity index is 553. The summed E-state index contributed by atoms with van der Waals surface area (Å²) in [5, 5.41) is 10.5. The molecule has 0 unspecified atom stereocenters. The molecule has 1 aromatic carbocycles. The van der Waals surface area contributed by atoms with Crippen molar-refractivity contribution in [3.05, 3.63) is 34.4 Å². The van der Waals surface area contributed by atoms with E-state index < -0.39 is 6.09 Å². The van der Waals surface area contributed by atoms with E-state index in [9.17, 15) is 4.79 Å². The lowest BCUT2D eigenvalue weighted by Crippen LogP contribution is -2.37. The molecule has 2 aromatic rings. The first kappa shape index (κ1) is 11.9. The van der Waals surface area contributed by atoms with E-state index in [1.165, 1.54) is 0 Å². The Hall–Kier alpha value is -1.53. The summed E-state index contributed by atoms with van der Waals surface area (Å²) in [6.45, 7) is 0.260. The summed E-state index contributed by atoms with van der Waals surface area (Å²) >= 11 is 3.43. The fourth-order valence-corrected chi connectivity index (χ4v) is 2.36. The number of hydrogen-bond acceptors (Lipinski definition) is 2. The third kappa shape index (κ3) is 2.42. The zero-order valence-corrected chi connectivity index (χ0v) is 10.6. The third-order valence-corrected chi connectivity index (χ3v) is 3.29. The summed E-state index contributed by atoms with van der Waals surface area (Å²) in [6.07, 6.45) is -0.561. The number of para-hydroxylation sites is 1. The Kier molecular flexibility index (Phi) is 3.35. The molecule has 4 N–H and O–H groups in total. The van der Waals surface area contributed by atoms with Crippen molar-refractivity contribution in [3.63, 3.8) is 0 Å². The van der Waals surface area contributed by atoms with Crippen LogP contribution in [0.1, 0.15) is 5.56 Å². The topological polar surface area (TPSA) is 82.3 Å². The number of aromatic nitrogens is 1. The number of nitrogens with one attached hydrogen (secondary N) is 1. The number of fused-ring (bicyclic) bond motifs is 1. The first-order valence-corrected chi connectivity index (χ1v) is 5.89. The Balaban J connectivity index is 2.23. The number of H-pyrrole nitrogens is 1. The van der Waals surface area contributed by atoms with E-state index in [1.807, 2.05) is 24.3 Å². The van der Waals surface area contributed by atoms with E-state index >= 15 is 0 Å². The van der Waals surface area contributed by atoms with Crippen LogP contribution in [-0.4, -0.2) is 27.7 Å². The van der Waals surface area contributed by atoms with Gasteiger partial charge in [0, 0.05) is 17.4 Å². The summed E-state index contributed by atoms with van der Waals surface area (Å²) in [4.78, 5) is 13.8. The van der Waals surface area contributed by atoms with Crippen LogP contribution in [0.5, 0.6) is 0 Å². The number of amides is 1. The van der Waals surface area contributed by atoms with Gasteiger partial charge in [0.15, 0.2) is 0 Å². The number of nitrogens with two attached hydrogens (primary N) is 1. The SMILES string of the molecule is NN(CCc1c(Br)[nH]c2ccccc12)C(=O)O. The third-order valence-electron chi connectivity index (χ3n) is 2.61. The minimum Gasteiger partial charge on any atom is -0.464 e. The van der Waals surface area contributed by atoms with Crippen LogP contribution in [-0.2, 0) is 6.42 Å². The maximum Gasteiger partial charge on any atom is 0.421 e. The molecule has 1 amide bonds. The molecule has 6 heteroatoms. The second kappa shape index (κ2) is 4.77. The van der Waals surface area contributed by atoms with E-state index in [0.717, 1.165) is 26.1 Å². The molecule has 1 heterocycles. The molecule has 0 saturated carbocycles. The number of nitrogens with zero attached hydrogens (tertiary/aromatic N) is 1. The minimum absolute atomic E-state index is 0.260. The summed E-state index contributed by atoms with van der Waals surface area (Å²) in [5.74, 6) is 5.34. The maximum atomic E-state index is 10.6. The van der Waals surface area contributed by atoms with E-state index in [4.69, 9.17) is 10.9 Å². The zero-order valence-electron chi connectivity index (χ0n) is 8.98. The van der Waals surface area contributed by atoms with Gasteiger partial charge in [0.25, 0.3) is 0 Å². The van der Waals surface area contributed by atoms with Crippen LogP contribution < -0.4 is 5.84 Å². The molecule has 90 valence electrons. The van der Waals surface area contributed by atoms with Crippen LogP contribution in [0.4, 0.5) is 4.79 Å². The number of halogens is 1. The van der Waals surface area contributed by atoms with Gasteiger partial charge in [-0.15, -0.1) is 0 Å². The van der Waals surface area contributed by atoms with E-state index in [-0.39, 0.29) is 6.54 Å². The monoisotopic (exact) mass is 297 g/mol. The number of aromatic amines is 1. The predicted molar refractivity (Wildman–Crippen MR) is 68.6 cm³/mol. The Morgan fingerprint density at radius 3 is 2.88 bits per heavy atom. The van der Waals surface area contributed by atoms with Gasteiger partial charge in [0.1, 0.15) is 0 Å². The van der Waals surface area contributed by atoms with Gasteiger partial charge in [-0.25, -0.2) is 15.6 Å². The molecular formula is C11H12BrN3O2. The number of carbonyl (C=O) groups is 1. The van der Waals surface area contributed by atoms with Crippen molar-refractivity contribution in [2.24, 2.45) is 5.84 Å². The van der Waals surface area contributed by atoms with Crippen LogP contribution in [0.15, 0.2) is 28.9 Å². The van der Waals surface area contributed by atoms with Gasteiger partial charge >= 0.3 is 6.09 Å². The summed E-state index contributed by atoms with van der Waals surface area (Å²) in [6, 6.07) is 7.86. The number of rotatable bonds is 3. The van der Waals surface area contributed by atoms with Crippen molar-refractivity contribution in [1.82, 2.24) is 9.99 Å². The van der Waals surface area contributed by atoms with Gasteiger partial charge in [-0.2, -0.15) is 0 Å². The summed E-state index contributed by atoms with van der Waals surface area (Å²) in [7, 11) is 0. The van der Waals surface area contributed by atoms with Crippen LogP contribution in [0.25, 0.3) is 10.9 Å². The molecule has 1 aromatic heterocycles. The molecular weight excluding hydrogens is 286 g/mol. The van der Waals surface area contributed by atoms with Crippen molar-refractivity contribution in [2.75, 3.05) is 6.54 Å². The average Bonchev–Trinajstić information content (AvgIpc) is 2.61. The van der Waals surface area contributed by atoms with Crippen LogP contribution in [0, 0.1) is 0 Å². The average molecular weight is 298 g/mol. The first-order valence-electron chi connectivity index (χ1n) is 5.10. The summed E-state index contributed by atoms with van der Waals surface area (Å²) in [5.41, 5.74) is 2.06. The lowest BCUT2D eigenvalue weighted by Gasteiger charge is -2.11. The first-order chi connectivity index (χ1) is 8.09. The van der Waals surface area contributed by atoms with Crippen LogP contribution in [0.2, 0.25) is 0 Å². The largest absolute Gasteiger partial charge is 0.464 e. The lowest BCUT2D eigenvalue weighted by atomic mass is 10.1. The quantitative estimate of drug-likeness (QED) is 0.462. The summed E-state index contributed by atoms with van der Waals surface area (Å²) < 4.78 is 0.873. The number of hydrazine groups is 1. The van der Waals surface area contributed by atoms with Crippen molar-refractivity contribution in [3.8, 4) is 0 Å². The Morgan fingerprint density at radius 1 is 1.47 bits per heavy atom. The highest BCUT2D eigenvalue weighted by Gasteiger charge is 2.12. The van der Waals surface area contributed by atoms with E-state index in [1.54, 1.807) is 0 Å². The minimum atomic E-state index is -1.12. The van der Waals surface area contributed by atoms with Crippen molar-refractivity contribution >= 4 is 32.9 Å². The van der Waals surface area contributed by atoms with Gasteiger partial charge < -0.3 is 10.1 Å². The zero-order chi connectivity index (χ0) is 12.4. The Morgan fingerprint density at radius 2 is 2.18 bits per heavy atom. The van der Waals surface area contributed by atoms with Crippen molar-refractivity contribution in [2.45, 2.75) is 6.42 Å². The normalized spacial score (nSPS) is 10.7. The highest BCUT2D eigenvalue weighted by atomic mass is 79.9.